The predicted octanol–water partition coefficient (Wildman–Crippen LogP) is 13.3. The number of aryl methyl sites for hydroxylation is 4. The van der Waals surface area contributed by atoms with Crippen LogP contribution in [0, 0.1) is 45.4 Å². The number of nitrogen functional groups attached to an aromatic ring is 2. The van der Waals surface area contributed by atoms with E-state index in [1.165, 1.54) is 88.2 Å². The van der Waals surface area contributed by atoms with Gasteiger partial charge < -0.3 is 20.9 Å². The van der Waals surface area contributed by atoms with Crippen LogP contribution in [0.1, 0.15) is 130 Å². The lowest BCUT2D eigenvalue weighted by Crippen LogP contribution is -2.36. The van der Waals surface area contributed by atoms with Gasteiger partial charge in [0, 0.05) is 28.9 Å². The fourth-order valence-corrected chi connectivity index (χ4v) is 9.50. The maximum Gasteiger partial charge on any atom is 0.133 e. The molecule has 0 amide bonds. The maximum absolute atomic E-state index is 6.46. The molecule has 0 aromatic heterocycles. The van der Waals surface area contributed by atoms with Gasteiger partial charge in [-0.15, -0.1) is 0 Å². The zero-order valence-electron chi connectivity index (χ0n) is 32.0. The molecule has 2 aliphatic rings. The van der Waals surface area contributed by atoms with Crippen molar-refractivity contribution in [3.8, 4) is 23.0 Å². The molecule has 4 aromatic carbocycles. The summed E-state index contributed by atoms with van der Waals surface area (Å²) in [6.07, 6.45) is 19.1. The van der Waals surface area contributed by atoms with Crippen LogP contribution < -0.4 is 20.9 Å². The molecule has 0 saturated heterocycles. The molecule has 0 heterocycles. The third-order valence-corrected chi connectivity index (χ3v) is 12.3. The molecular weight excluding hydrogens is 625 g/mol. The second-order valence-corrected chi connectivity index (χ2v) is 16.1. The lowest BCUT2D eigenvalue weighted by atomic mass is 9.59. The molecule has 51 heavy (non-hydrogen) atoms. The van der Waals surface area contributed by atoms with Crippen LogP contribution in [0.2, 0.25) is 0 Å². The van der Waals surface area contributed by atoms with Crippen LogP contribution in [-0.4, -0.2) is 0 Å². The van der Waals surface area contributed by atoms with Gasteiger partial charge in [0.15, 0.2) is 0 Å². The molecule has 0 spiro atoms. The van der Waals surface area contributed by atoms with Gasteiger partial charge >= 0.3 is 0 Å². The summed E-state index contributed by atoms with van der Waals surface area (Å²) in [7, 11) is 0. The van der Waals surface area contributed by atoms with Crippen LogP contribution in [0.3, 0.4) is 0 Å². The lowest BCUT2D eigenvalue weighted by Gasteiger charge is -2.45. The summed E-state index contributed by atoms with van der Waals surface area (Å²) in [5.41, 5.74) is 21.0. The molecular formula is C47H62N2O2. The molecule has 4 aromatic rings. The molecule has 2 fully saturated rings. The van der Waals surface area contributed by atoms with E-state index in [9.17, 15) is 0 Å². The number of rotatable bonds is 13. The molecule has 6 rings (SSSR count). The Hall–Kier alpha value is -3.92. The Balaban J connectivity index is 1.25. The van der Waals surface area contributed by atoms with Gasteiger partial charge in [0.2, 0.25) is 0 Å². The minimum absolute atomic E-state index is 0.0668. The number of nitrogens with two attached hydrogens (primary N) is 2. The summed E-state index contributed by atoms with van der Waals surface area (Å²) >= 11 is 0. The van der Waals surface area contributed by atoms with Gasteiger partial charge in [0.1, 0.15) is 23.0 Å². The highest BCUT2D eigenvalue weighted by Crippen LogP contribution is 2.52. The van der Waals surface area contributed by atoms with Crippen molar-refractivity contribution in [1.82, 2.24) is 0 Å². The minimum atomic E-state index is -0.0668. The van der Waals surface area contributed by atoms with Crippen molar-refractivity contribution in [2.24, 2.45) is 17.8 Å². The summed E-state index contributed by atoms with van der Waals surface area (Å²) in [4.78, 5) is 0. The first-order valence-electron chi connectivity index (χ1n) is 20.0. The molecule has 4 N–H and O–H groups in total. The van der Waals surface area contributed by atoms with Crippen molar-refractivity contribution >= 4 is 11.4 Å². The fraction of sp³-hybridized carbons (Fsp3) is 0.489. The van der Waals surface area contributed by atoms with E-state index in [0.717, 1.165) is 75.8 Å². The highest BCUT2D eigenvalue weighted by Gasteiger charge is 2.42. The highest BCUT2D eigenvalue weighted by molar-refractivity contribution is 5.55. The van der Waals surface area contributed by atoms with Crippen molar-refractivity contribution in [3.05, 3.63) is 106 Å². The Labute approximate surface area is 308 Å². The first-order valence-corrected chi connectivity index (χ1v) is 20.0. The average Bonchev–Trinajstić information content (AvgIpc) is 3.11. The number of hydrogen-bond donors (Lipinski definition) is 2. The molecule has 0 aliphatic heterocycles. The third-order valence-electron chi connectivity index (χ3n) is 12.3. The lowest BCUT2D eigenvalue weighted by molar-refractivity contribution is 0.140. The second-order valence-electron chi connectivity index (χ2n) is 16.1. The van der Waals surface area contributed by atoms with Crippen molar-refractivity contribution in [2.75, 3.05) is 11.5 Å². The van der Waals surface area contributed by atoms with Crippen molar-refractivity contribution in [1.29, 1.82) is 0 Å². The second kappa shape index (κ2) is 16.6. The Morgan fingerprint density at radius 2 is 1.02 bits per heavy atom. The maximum atomic E-state index is 6.46. The Morgan fingerprint density at radius 3 is 1.47 bits per heavy atom. The summed E-state index contributed by atoms with van der Waals surface area (Å²) in [5.74, 6) is 6.07. The van der Waals surface area contributed by atoms with E-state index in [1.54, 1.807) is 0 Å². The molecule has 0 unspecified atom stereocenters. The molecule has 0 atom stereocenters. The van der Waals surface area contributed by atoms with Crippen LogP contribution in [-0.2, 0) is 5.41 Å². The van der Waals surface area contributed by atoms with Gasteiger partial charge in [-0.2, -0.15) is 0 Å². The number of anilines is 2. The molecule has 2 saturated carbocycles. The predicted molar refractivity (Wildman–Crippen MR) is 215 cm³/mol. The minimum Gasteiger partial charge on any atom is -0.457 e. The summed E-state index contributed by atoms with van der Waals surface area (Å²) < 4.78 is 12.9. The van der Waals surface area contributed by atoms with Gasteiger partial charge in [0.25, 0.3) is 0 Å². The zero-order valence-corrected chi connectivity index (χ0v) is 32.0. The number of benzene rings is 4. The van der Waals surface area contributed by atoms with E-state index >= 15 is 0 Å². The van der Waals surface area contributed by atoms with Gasteiger partial charge in [-0.25, -0.2) is 0 Å². The SMILES string of the molecule is CCCCCCC[C@H]1CC[C@H](C2CCC(c3cc(C)c(Oc4cccc(N)c4)c(C)c3)(c3cc(C)c(Oc4cccc(N)c4)c(C)c3)CC2)CC1. The van der Waals surface area contributed by atoms with Crippen molar-refractivity contribution in [2.45, 2.75) is 130 Å². The van der Waals surface area contributed by atoms with Gasteiger partial charge in [-0.05, 0) is 142 Å². The molecule has 2 aliphatic carbocycles. The van der Waals surface area contributed by atoms with Crippen LogP contribution in [0.5, 0.6) is 23.0 Å². The van der Waals surface area contributed by atoms with Crippen LogP contribution in [0.4, 0.5) is 11.4 Å². The van der Waals surface area contributed by atoms with Gasteiger partial charge in [0.05, 0.1) is 0 Å². The summed E-state index contributed by atoms with van der Waals surface area (Å²) in [6.45, 7) is 11.1. The average molecular weight is 687 g/mol. The zero-order chi connectivity index (χ0) is 36.0. The number of ether oxygens (including phenoxy) is 2. The van der Waals surface area contributed by atoms with Crippen molar-refractivity contribution in [3.63, 3.8) is 0 Å². The van der Waals surface area contributed by atoms with E-state index in [2.05, 4.69) is 58.9 Å². The largest absolute Gasteiger partial charge is 0.457 e. The third kappa shape index (κ3) is 8.76. The van der Waals surface area contributed by atoms with Crippen LogP contribution in [0.25, 0.3) is 0 Å². The van der Waals surface area contributed by atoms with Gasteiger partial charge in [-0.3, -0.25) is 0 Å². The Kier molecular flexibility index (Phi) is 12.0. The Bertz CT molecular complexity index is 1610. The number of hydrogen-bond acceptors (Lipinski definition) is 4. The quantitative estimate of drug-likeness (QED) is 0.108. The van der Waals surface area contributed by atoms with Crippen molar-refractivity contribution < 1.29 is 9.47 Å². The monoisotopic (exact) mass is 686 g/mol. The van der Waals surface area contributed by atoms with Gasteiger partial charge in [-0.1, -0.05) is 94.7 Å². The number of unbranched alkanes of at least 4 members (excludes halogenated alkanes) is 4. The smallest absolute Gasteiger partial charge is 0.133 e. The van der Waals surface area contributed by atoms with E-state index in [-0.39, 0.29) is 5.41 Å². The molecule has 4 nitrogen and oxygen atoms in total. The molecule has 0 bridgehead atoms. The first-order chi connectivity index (χ1) is 24.6. The molecule has 0 radical (unpaired) electrons. The topological polar surface area (TPSA) is 70.5 Å². The summed E-state index contributed by atoms with van der Waals surface area (Å²) in [5, 5.41) is 0. The molecule has 4 heteroatoms. The standard InChI is InChI=1S/C47H62N2O2/c1-6-7-8-9-10-13-36-18-20-37(21-19-36)38-22-24-47(25-23-38,39-26-32(2)45(33(3)27-39)50-43-16-11-14-41(48)30-43)40-28-34(4)46(35(5)29-40)51-44-17-12-15-42(49)31-44/h11-12,14-17,26-31,36-38H,6-10,13,18-25,48-49H2,1-5H3/t36-,37-. The van der Waals surface area contributed by atoms with Crippen LogP contribution >= 0.6 is 0 Å². The summed E-state index contributed by atoms with van der Waals surface area (Å²) in [6, 6.07) is 25.1. The van der Waals surface area contributed by atoms with E-state index in [0.29, 0.717) is 11.4 Å². The fourth-order valence-electron chi connectivity index (χ4n) is 9.50. The van der Waals surface area contributed by atoms with Crippen LogP contribution in [0.15, 0.2) is 72.8 Å². The van der Waals surface area contributed by atoms with E-state index in [1.807, 2.05) is 48.5 Å². The Morgan fingerprint density at radius 1 is 0.569 bits per heavy atom. The first kappa shape index (κ1) is 36.9. The van der Waals surface area contributed by atoms with E-state index < -0.39 is 0 Å². The highest BCUT2D eigenvalue weighted by atomic mass is 16.5. The molecule has 272 valence electrons. The van der Waals surface area contributed by atoms with E-state index in [4.69, 9.17) is 20.9 Å². The normalized spacial score (nSPS) is 19.2.